The smallest absolute Gasteiger partial charge is 0.216 e. The third kappa shape index (κ3) is 3.42. The molecule has 0 bridgehead atoms. The van der Waals surface area contributed by atoms with Crippen LogP contribution in [-0.4, -0.2) is 70.6 Å². The van der Waals surface area contributed by atoms with E-state index in [0.29, 0.717) is 45.8 Å². The maximum absolute atomic E-state index is 12.4. The molecule has 6 nitrogen and oxygen atoms in total. The maximum atomic E-state index is 12.4. The highest BCUT2D eigenvalue weighted by molar-refractivity contribution is 7.89. The van der Waals surface area contributed by atoms with Crippen LogP contribution in [0.5, 0.6) is 0 Å². The minimum atomic E-state index is -3.22. The fraction of sp³-hybridized carbons (Fsp3) is 1.00. The molecule has 2 aliphatic rings. The van der Waals surface area contributed by atoms with Gasteiger partial charge in [0.2, 0.25) is 10.0 Å². The SMILES string of the molecule is CN(CC1CNCCO1)S(=O)(=O)C1CCOCC1. The highest BCUT2D eigenvalue weighted by Gasteiger charge is 2.32. The molecule has 1 atom stereocenters. The van der Waals surface area contributed by atoms with E-state index in [9.17, 15) is 8.42 Å². The summed E-state index contributed by atoms with van der Waals surface area (Å²) in [5, 5.41) is 2.91. The Bertz CT molecular complexity index is 348. The summed E-state index contributed by atoms with van der Waals surface area (Å²) in [6.45, 7) is 3.71. The first kappa shape index (κ1) is 14.2. The van der Waals surface area contributed by atoms with Gasteiger partial charge in [-0.25, -0.2) is 12.7 Å². The van der Waals surface area contributed by atoms with Crippen LogP contribution in [0.3, 0.4) is 0 Å². The predicted octanol–water partition coefficient (Wildman–Crippen LogP) is -0.585. The van der Waals surface area contributed by atoms with Crippen molar-refractivity contribution in [1.29, 1.82) is 0 Å². The number of morpholine rings is 1. The average molecular weight is 278 g/mol. The number of hydrogen-bond donors (Lipinski definition) is 1. The van der Waals surface area contributed by atoms with Crippen LogP contribution in [0.25, 0.3) is 0 Å². The predicted molar refractivity (Wildman–Crippen MR) is 68.0 cm³/mol. The van der Waals surface area contributed by atoms with Crippen LogP contribution in [0.4, 0.5) is 0 Å². The number of nitrogens with zero attached hydrogens (tertiary/aromatic N) is 1. The minimum absolute atomic E-state index is 0.0432. The van der Waals surface area contributed by atoms with Gasteiger partial charge in [0.15, 0.2) is 0 Å². The fourth-order valence-corrected chi connectivity index (χ4v) is 4.03. The van der Waals surface area contributed by atoms with Crippen molar-refractivity contribution in [3.05, 3.63) is 0 Å². The lowest BCUT2D eigenvalue weighted by Gasteiger charge is -2.31. The Morgan fingerprint density at radius 2 is 2.00 bits per heavy atom. The molecule has 1 N–H and O–H groups in total. The fourth-order valence-electron chi connectivity index (χ4n) is 2.36. The Hall–Kier alpha value is -0.210. The quantitative estimate of drug-likeness (QED) is 0.745. The van der Waals surface area contributed by atoms with Gasteiger partial charge in [-0.15, -0.1) is 0 Å². The normalized spacial score (nSPS) is 27.6. The number of ether oxygens (including phenoxy) is 2. The molecule has 0 radical (unpaired) electrons. The van der Waals surface area contributed by atoms with Gasteiger partial charge < -0.3 is 14.8 Å². The first-order valence-electron chi connectivity index (χ1n) is 6.46. The molecular formula is C11H22N2O4S. The number of nitrogens with one attached hydrogen (secondary N) is 1. The summed E-state index contributed by atoms with van der Waals surface area (Å²) in [5.74, 6) is 0. The van der Waals surface area contributed by atoms with Gasteiger partial charge in [-0.3, -0.25) is 0 Å². The summed E-state index contributed by atoms with van der Waals surface area (Å²) in [5.41, 5.74) is 0. The van der Waals surface area contributed by atoms with E-state index in [-0.39, 0.29) is 11.4 Å². The topological polar surface area (TPSA) is 67.9 Å². The lowest BCUT2D eigenvalue weighted by molar-refractivity contribution is 0.0202. The Morgan fingerprint density at radius 3 is 2.61 bits per heavy atom. The minimum Gasteiger partial charge on any atom is -0.381 e. The van der Waals surface area contributed by atoms with E-state index in [0.717, 1.165) is 6.54 Å². The second-order valence-corrected chi connectivity index (χ2v) is 7.15. The lowest BCUT2D eigenvalue weighted by Crippen LogP contribution is -2.48. The van der Waals surface area contributed by atoms with E-state index in [2.05, 4.69) is 5.32 Å². The van der Waals surface area contributed by atoms with E-state index < -0.39 is 10.0 Å². The van der Waals surface area contributed by atoms with Crippen LogP contribution in [0, 0.1) is 0 Å². The van der Waals surface area contributed by atoms with Gasteiger partial charge in [0.1, 0.15) is 0 Å². The summed E-state index contributed by atoms with van der Waals surface area (Å²) >= 11 is 0. The zero-order valence-corrected chi connectivity index (χ0v) is 11.6. The van der Waals surface area contributed by atoms with Crippen molar-refractivity contribution in [2.75, 3.05) is 46.5 Å². The molecule has 0 saturated carbocycles. The molecule has 0 spiro atoms. The molecule has 0 aliphatic carbocycles. The molecule has 0 aromatic heterocycles. The molecule has 0 aromatic rings. The van der Waals surface area contributed by atoms with Gasteiger partial charge in [0.05, 0.1) is 18.0 Å². The molecule has 1 unspecified atom stereocenters. The largest absolute Gasteiger partial charge is 0.381 e. The molecule has 2 aliphatic heterocycles. The monoisotopic (exact) mass is 278 g/mol. The van der Waals surface area contributed by atoms with E-state index >= 15 is 0 Å². The van der Waals surface area contributed by atoms with Crippen molar-refractivity contribution in [2.24, 2.45) is 0 Å². The third-order valence-electron chi connectivity index (χ3n) is 3.49. The number of sulfonamides is 1. The molecule has 18 heavy (non-hydrogen) atoms. The van der Waals surface area contributed by atoms with Gasteiger partial charge >= 0.3 is 0 Å². The molecular weight excluding hydrogens is 256 g/mol. The van der Waals surface area contributed by atoms with Crippen molar-refractivity contribution < 1.29 is 17.9 Å². The summed E-state index contributed by atoms with van der Waals surface area (Å²) in [4.78, 5) is 0. The van der Waals surface area contributed by atoms with Gasteiger partial charge in [0, 0.05) is 39.9 Å². The Morgan fingerprint density at radius 1 is 1.28 bits per heavy atom. The summed E-state index contributed by atoms with van der Waals surface area (Å²) in [6.07, 6.45) is 1.14. The first-order chi connectivity index (χ1) is 8.60. The zero-order chi connectivity index (χ0) is 13.0. The number of hydrogen-bond acceptors (Lipinski definition) is 5. The summed E-state index contributed by atoms with van der Waals surface area (Å²) in [6, 6.07) is 0. The van der Waals surface area contributed by atoms with Crippen molar-refractivity contribution in [1.82, 2.24) is 9.62 Å². The van der Waals surface area contributed by atoms with Crippen LogP contribution in [0.1, 0.15) is 12.8 Å². The highest BCUT2D eigenvalue weighted by atomic mass is 32.2. The van der Waals surface area contributed by atoms with Crippen molar-refractivity contribution in [3.63, 3.8) is 0 Å². The standard InChI is InChI=1S/C11H22N2O4S/c1-13(9-10-8-12-4-7-17-10)18(14,15)11-2-5-16-6-3-11/h10-12H,2-9H2,1H3. The van der Waals surface area contributed by atoms with E-state index in [1.807, 2.05) is 0 Å². The highest BCUT2D eigenvalue weighted by Crippen LogP contribution is 2.19. The Balaban J connectivity index is 1.91. The van der Waals surface area contributed by atoms with Gasteiger partial charge in [-0.1, -0.05) is 0 Å². The molecule has 7 heteroatoms. The molecule has 2 rings (SSSR count). The molecule has 2 heterocycles. The van der Waals surface area contributed by atoms with Crippen LogP contribution in [0.15, 0.2) is 0 Å². The second-order valence-electron chi connectivity index (χ2n) is 4.83. The first-order valence-corrected chi connectivity index (χ1v) is 7.96. The number of rotatable bonds is 4. The van der Waals surface area contributed by atoms with E-state index in [1.165, 1.54) is 4.31 Å². The van der Waals surface area contributed by atoms with Crippen LogP contribution in [-0.2, 0) is 19.5 Å². The Labute approximate surface area is 109 Å². The molecule has 106 valence electrons. The Kier molecular flexibility index (Phi) is 4.97. The molecule has 2 fully saturated rings. The van der Waals surface area contributed by atoms with Gasteiger partial charge in [-0.05, 0) is 12.8 Å². The van der Waals surface area contributed by atoms with Crippen molar-refractivity contribution in [3.8, 4) is 0 Å². The van der Waals surface area contributed by atoms with Gasteiger partial charge in [-0.2, -0.15) is 0 Å². The lowest BCUT2D eigenvalue weighted by atomic mass is 10.2. The summed E-state index contributed by atoms with van der Waals surface area (Å²) < 4.78 is 36.9. The zero-order valence-electron chi connectivity index (χ0n) is 10.8. The molecule has 0 aromatic carbocycles. The van der Waals surface area contributed by atoms with Crippen LogP contribution in [0.2, 0.25) is 0 Å². The molecule has 0 amide bonds. The third-order valence-corrected chi connectivity index (χ3v) is 5.82. The molecule has 2 saturated heterocycles. The summed E-state index contributed by atoms with van der Waals surface area (Å²) in [7, 11) is -1.57. The van der Waals surface area contributed by atoms with Gasteiger partial charge in [0.25, 0.3) is 0 Å². The van der Waals surface area contributed by atoms with E-state index in [1.54, 1.807) is 7.05 Å². The number of likely N-dealkylation sites (N-methyl/N-ethyl adjacent to an activating group) is 1. The van der Waals surface area contributed by atoms with Crippen molar-refractivity contribution >= 4 is 10.0 Å². The average Bonchev–Trinajstić information content (AvgIpc) is 2.41. The maximum Gasteiger partial charge on any atom is 0.216 e. The van der Waals surface area contributed by atoms with Crippen molar-refractivity contribution in [2.45, 2.75) is 24.2 Å². The second kappa shape index (κ2) is 6.29. The van der Waals surface area contributed by atoms with Crippen LogP contribution >= 0.6 is 0 Å². The van der Waals surface area contributed by atoms with E-state index in [4.69, 9.17) is 9.47 Å². The van der Waals surface area contributed by atoms with Crippen LogP contribution < -0.4 is 5.32 Å².